The topological polar surface area (TPSA) is 45.1 Å². The van der Waals surface area contributed by atoms with Crippen molar-refractivity contribution in [2.45, 2.75) is 25.3 Å². The van der Waals surface area contributed by atoms with Crippen LogP contribution in [-0.2, 0) is 0 Å². The molecule has 0 fully saturated rings. The molecule has 1 aromatic carbocycles. The van der Waals surface area contributed by atoms with Crippen molar-refractivity contribution in [1.82, 2.24) is 10.3 Å². The molecule has 2 aromatic rings. The molecule has 3 nitrogen and oxygen atoms in total. The lowest BCUT2D eigenvalue weighted by Crippen LogP contribution is -2.24. The maximum absolute atomic E-state index is 8.82. The molecule has 0 radical (unpaired) electrons. The number of rotatable bonds is 8. The fraction of sp³-hybridized carbons (Fsp3) is 0.353. The minimum atomic E-state index is 0.0408. The molecule has 2 N–H and O–H groups in total. The third-order valence-electron chi connectivity index (χ3n) is 3.35. The molecule has 4 heteroatoms. The summed E-state index contributed by atoms with van der Waals surface area (Å²) in [6.45, 7) is 1.14. The number of pyridine rings is 1. The summed E-state index contributed by atoms with van der Waals surface area (Å²) >= 11 is 6.10. The molecule has 0 aliphatic rings. The first kappa shape index (κ1) is 16.0. The molecule has 0 amide bonds. The van der Waals surface area contributed by atoms with E-state index in [-0.39, 0.29) is 12.6 Å². The van der Waals surface area contributed by atoms with Gasteiger partial charge in [-0.05, 0) is 55.6 Å². The van der Waals surface area contributed by atoms with Crippen LogP contribution in [0.25, 0.3) is 0 Å². The van der Waals surface area contributed by atoms with Crippen molar-refractivity contribution in [2.24, 2.45) is 0 Å². The number of hydrogen-bond acceptors (Lipinski definition) is 3. The first-order valence-electron chi connectivity index (χ1n) is 7.32. The molecule has 0 aliphatic carbocycles. The summed E-state index contributed by atoms with van der Waals surface area (Å²) in [6, 6.07) is 13.8. The lowest BCUT2D eigenvalue weighted by atomic mass is 10.0. The van der Waals surface area contributed by atoms with Gasteiger partial charge < -0.3 is 10.4 Å². The normalized spacial score (nSPS) is 12.3. The molecule has 0 aliphatic heterocycles. The second kappa shape index (κ2) is 8.78. The number of unbranched alkanes of at least 4 members (excludes halogenated alkanes) is 2. The third-order valence-corrected chi connectivity index (χ3v) is 3.58. The van der Waals surface area contributed by atoms with E-state index >= 15 is 0 Å². The van der Waals surface area contributed by atoms with Crippen molar-refractivity contribution in [3.8, 4) is 0 Å². The number of hydrogen-bond donors (Lipinski definition) is 2. The Morgan fingerprint density at radius 3 is 2.71 bits per heavy atom. The Kier molecular flexibility index (Phi) is 6.67. The van der Waals surface area contributed by atoms with Crippen molar-refractivity contribution in [1.29, 1.82) is 0 Å². The highest BCUT2D eigenvalue weighted by molar-refractivity contribution is 6.30. The summed E-state index contributed by atoms with van der Waals surface area (Å²) in [5.74, 6) is 0. The maximum Gasteiger partial charge on any atom is 0.0751 e. The summed E-state index contributed by atoms with van der Waals surface area (Å²) < 4.78 is 0. The predicted octanol–water partition coefficient (Wildman–Crippen LogP) is 3.58. The van der Waals surface area contributed by atoms with Crippen molar-refractivity contribution in [2.75, 3.05) is 13.2 Å². The summed E-state index contributed by atoms with van der Waals surface area (Å²) in [4.78, 5) is 4.45. The van der Waals surface area contributed by atoms with Gasteiger partial charge in [-0.3, -0.25) is 4.98 Å². The molecule has 1 atom stereocenters. The monoisotopic (exact) mass is 304 g/mol. The maximum atomic E-state index is 8.82. The van der Waals surface area contributed by atoms with Gasteiger partial charge in [0.15, 0.2) is 0 Å². The highest BCUT2D eigenvalue weighted by atomic mass is 35.5. The molecule has 1 aromatic heterocycles. The molecule has 21 heavy (non-hydrogen) atoms. The first-order chi connectivity index (χ1) is 10.3. The van der Waals surface area contributed by atoms with Crippen LogP contribution >= 0.6 is 11.6 Å². The average molecular weight is 305 g/mol. The SMILES string of the molecule is OCCCCCNC(c1cccc(Cl)c1)c1ccccn1. The van der Waals surface area contributed by atoms with E-state index in [1.54, 1.807) is 6.20 Å². The van der Waals surface area contributed by atoms with Crippen LogP contribution in [-0.4, -0.2) is 23.2 Å². The zero-order valence-electron chi connectivity index (χ0n) is 12.0. The molecule has 1 unspecified atom stereocenters. The van der Waals surface area contributed by atoms with Crippen LogP contribution in [0, 0.1) is 0 Å². The second-order valence-electron chi connectivity index (χ2n) is 4.98. The highest BCUT2D eigenvalue weighted by Gasteiger charge is 2.14. The lowest BCUT2D eigenvalue weighted by molar-refractivity contribution is 0.282. The quantitative estimate of drug-likeness (QED) is 0.733. The standard InChI is InChI=1S/C17H21ClN2O/c18-15-8-6-7-14(13-15)17(16-9-2-4-10-19-16)20-11-3-1-5-12-21/h2,4,6-10,13,17,20-21H,1,3,5,11-12H2. The van der Waals surface area contributed by atoms with Crippen LogP contribution in [0.1, 0.15) is 36.6 Å². The summed E-state index contributed by atoms with van der Waals surface area (Å²) in [6.07, 6.45) is 4.71. The zero-order valence-corrected chi connectivity index (χ0v) is 12.8. The number of halogens is 1. The first-order valence-corrected chi connectivity index (χ1v) is 7.69. The van der Waals surface area contributed by atoms with Crippen molar-refractivity contribution < 1.29 is 5.11 Å². The largest absolute Gasteiger partial charge is 0.396 e. The van der Waals surface area contributed by atoms with Gasteiger partial charge in [-0.25, -0.2) is 0 Å². The van der Waals surface area contributed by atoms with E-state index in [1.807, 2.05) is 36.4 Å². The van der Waals surface area contributed by atoms with E-state index in [0.29, 0.717) is 0 Å². The number of benzene rings is 1. The van der Waals surface area contributed by atoms with Crippen LogP contribution in [0.15, 0.2) is 48.7 Å². The van der Waals surface area contributed by atoms with Gasteiger partial charge >= 0.3 is 0 Å². The second-order valence-corrected chi connectivity index (χ2v) is 5.42. The molecule has 1 heterocycles. The number of aromatic nitrogens is 1. The Labute approximate surface area is 131 Å². The van der Waals surface area contributed by atoms with E-state index < -0.39 is 0 Å². The van der Waals surface area contributed by atoms with Gasteiger partial charge in [0.05, 0.1) is 11.7 Å². The van der Waals surface area contributed by atoms with E-state index in [1.165, 1.54) is 0 Å². The van der Waals surface area contributed by atoms with E-state index in [4.69, 9.17) is 16.7 Å². The Morgan fingerprint density at radius 1 is 1.10 bits per heavy atom. The highest BCUT2D eigenvalue weighted by Crippen LogP contribution is 2.23. The van der Waals surface area contributed by atoms with Crippen molar-refractivity contribution in [3.05, 3.63) is 64.9 Å². The Morgan fingerprint density at radius 2 is 2.00 bits per heavy atom. The molecule has 0 saturated carbocycles. The van der Waals surface area contributed by atoms with Crippen LogP contribution in [0.4, 0.5) is 0 Å². The third kappa shape index (κ3) is 5.12. The number of nitrogens with one attached hydrogen (secondary N) is 1. The van der Waals surface area contributed by atoms with Gasteiger partial charge in [0.25, 0.3) is 0 Å². The molecule has 112 valence electrons. The van der Waals surface area contributed by atoms with Crippen molar-refractivity contribution in [3.63, 3.8) is 0 Å². The molecule has 2 rings (SSSR count). The van der Waals surface area contributed by atoms with Gasteiger partial charge in [0.2, 0.25) is 0 Å². The predicted molar refractivity (Wildman–Crippen MR) is 86.5 cm³/mol. The lowest BCUT2D eigenvalue weighted by Gasteiger charge is -2.19. The van der Waals surface area contributed by atoms with Crippen LogP contribution < -0.4 is 5.32 Å². The molecule has 0 spiro atoms. The van der Waals surface area contributed by atoms with Gasteiger partial charge in [0.1, 0.15) is 0 Å². The fourth-order valence-electron chi connectivity index (χ4n) is 2.29. The van der Waals surface area contributed by atoms with E-state index in [0.717, 1.165) is 42.1 Å². The molecule has 0 bridgehead atoms. The smallest absolute Gasteiger partial charge is 0.0751 e. The van der Waals surface area contributed by atoms with Crippen molar-refractivity contribution >= 4 is 11.6 Å². The van der Waals surface area contributed by atoms with Gasteiger partial charge in [0, 0.05) is 17.8 Å². The van der Waals surface area contributed by atoms with E-state index in [2.05, 4.69) is 16.4 Å². The minimum absolute atomic E-state index is 0.0408. The average Bonchev–Trinajstić information content (AvgIpc) is 2.52. The van der Waals surface area contributed by atoms with Crippen LogP contribution in [0.2, 0.25) is 5.02 Å². The number of aliphatic hydroxyl groups is 1. The summed E-state index contributed by atoms with van der Waals surface area (Å²) in [7, 11) is 0. The van der Waals surface area contributed by atoms with Gasteiger partial charge in [-0.15, -0.1) is 0 Å². The summed E-state index contributed by atoms with van der Waals surface area (Å²) in [5.41, 5.74) is 2.10. The van der Waals surface area contributed by atoms with Crippen LogP contribution in [0.3, 0.4) is 0 Å². The number of nitrogens with zero attached hydrogens (tertiary/aromatic N) is 1. The summed E-state index contributed by atoms with van der Waals surface area (Å²) in [5, 5.41) is 13.1. The Balaban J connectivity index is 2.08. The van der Waals surface area contributed by atoms with E-state index in [9.17, 15) is 0 Å². The molecule has 0 saturated heterocycles. The molecular formula is C17H21ClN2O. The van der Waals surface area contributed by atoms with Gasteiger partial charge in [-0.1, -0.05) is 29.8 Å². The minimum Gasteiger partial charge on any atom is -0.396 e. The Bertz CT molecular complexity index is 533. The molecular weight excluding hydrogens is 284 g/mol. The number of aliphatic hydroxyl groups excluding tert-OH is 1. The van der Waals surface area contributed by atoms with Gasteiger partial charge in [-0.2, -0.15) is 0 Å². The van der Waals surface area contributed by atoms with Crippen LogP contribution in [0.5, 0.6) is 0 Å². The fourth-order valence-corrected chi connectivity index (χ4v) is 2.48. The Hall–Kier alpha value is -1.42. The zero-order chi connectivity index (χ0) is 14.9.